The number of carboxylic acid groups (broad SMARTS) is 1. The van der Waals surface area contributed by atoms with Crippen LogP contribution in [-0.4, -0.2) is 96.4 Å². The van der Waals surface area contributed by atoms with E-state index in [1.165, 1.54) is 6.07 Å². The molecule has 0 aromatic heterocycles. The Labute approximate surface area is 184 Å². The fraction of sp³-hybridized carbons (Fsp3) is 0.222. The number of carbonyl (C=O) groups excluding carboxylic acids is 1. The first-order valence-corrected chi connectivity index (χ1v) is 7.18. The number of ketones is 1. The Morgan fingerprint density at radius 2 is 1.29 bits per heavy atom. The summed E-state index contributed by atoms with van der Waals surface area (Å²) in [5.74, 6) is -1.40. The zero-order chi connectivity index (χ0) is 17.1. The van der Waals surface area contributed by atoms with E-state index in [4.69, 9.17) is 0 Å². The summed E-state index contributed by atoms with van der Waals surface area (Å²) < 4.78 is 0. The van der Waals surface area contributed by atoms with Gasteiger partial charge in [-0.25, -0.2) is 4.79 Å². The summed E-state index contributed by atoms with van der Waals surface area (Å²) in [6.07, 6.45) is 0. The first-order valence-electron chi connectivity index (χ1n) is 7.18. The summed E-state index contributed by atoms with van der Waals surface area (Å²) in [5, 5.41) is 9.41. The predicted octanol–water partition coefficient (Wildman–Crippen LogP) is 2.10. The van der Waals surface area contributed by atoms with Crippen LogP contribution in [-0.2, 0) is 0 Å². The van der Waals surface area contributed by atoms with Crippen molar-refractivity contribution in [1.82, 2.24) is 0 Å². The molecule has 0 amide bonds. The number of aromatic carboxylic acids is 1. The SMILES string of the molecule is CN(C)c1ccc(C(=O)c2ccc(N(C)C)cc2C(=O)O)cc1.[KH]. The number of carbonyl (C=O) groups is 2. The van der Waals surface area contributed by atoms with Gasteiger partial charge in [-0.05, 0) is 42.5 Å². The van der Waals surface area contributed by atoms with Crippen LogP contribution in [0.3, 0.4) is 0 Å². The number of hydrogen-bond acceptors (Lipinski definition) is 4. The molecule has 2 aromatic carbocycles. The van der Waals surface area contributed by atoms with Gasteiger partial charge in [0.05, 0.1) is 5.56 Å². The summed E-state index contributed by atoms with van der Waals surface area (Å²) in [6.45, 7) is 0. The zero-order valence-corrected chi connectivity index (χ0v) is 13.7. The second-order valence-corrected chi connectivity index (χ2v) is 5.70. The molecule has 0 aliphatic rings. The molecule has 0 unspecified atom stereocenters. The molecule has 0 spiro atoms. The number of carboxylic acids is 1. The van der Waals surface area contributed by atoms with Gasteiger partial charge in [0.1, 0.15) is 0 Å². The van der Waals surface area contributed by atoms with Crippen LogP contribution in [0.25, 0.3) is 0 Å². The summed E-state index contributed by atoms with van der Waals surface area (Å²) in [4.78, 5) is 27.9. The molecule has 0 atom stereocenters. The van der Waals surface area contributed by atoms with Crippen molar-refractivity contribution < 1.29 is 14.7 Å². The van der Waals surface area contributed by atoms with Crippen molar-refractivity contribution in [3.05, 3.63) is 59.2 Å². The zero-order valence-electron chi connectivity index (χ0n) is 13.7. The third kappa shape index (κ3) is 4.67. The van der Waals surface area contributed by atoms with Gasteiger partial charge in [-0.2, -0.15) is 0 Å². The number of anilines is 2. The van der Waals surface area contributed by atoms with E-state index in [0.717, 1.165) is 11.4 Å². The second-order valence-electron chi connectivity index (χ2n) is 5.70. The Morgan fingerprint density at radius 1 is 0.792 bits per heavy atom. The van der Waals surface area contributed by atoms with Crippen molar-refractivity contribution in [1.29, 1.82) is 0 Å². The van der Waals surface area contributed by atoms with Gasteiger partial charge in [0, 0.05) is 50.7 Å². The minimum absolute atomic E-state index is 0. The van der Waals surface area contributed by atoms with Gasteiger partial charge in [0.15, 0.2) is 5.78 Å². The number of hydrogen-bond donors (Lipinski definition) is 1. The molecule has 1 N–H and O–H groups in total. The molecule has 6 heteroatoms. The van der Waals surface area contributed by atoms with E-state index in [0.29, 0.717) is 5.56 Å². The van der Waals surface area contributed by atoms with Gasteiger partial charge in [-0.15, -0.1) is 0 Å². The first kappa shape index (κ1) is 20.9. The number of rotatable bonds is 5. The standard InChI is InChI=1S/C18H20N2O3.K.H/c1-19(2)13-7-5-12(6-8-13)17(21)15-10-9-14(20(3)4)11-16(15)18(22)23;;/h5-11H,1-4H3,(H,22,23);;. The molecular formula is C18H21KN2O3. The molecule has 0 bridgehead atoms. The van der Waals surface area contributed by atoms with Gasteiger partial charge in [-0.1, -0.05) is 0 Å². The van der Waals surface area contributed by atoms with Crippen LogP contribution in [0.5, 0.6) is 0 Å². The van der Waals surface area contributed by atoms with Crippen LogP contribution in [0.1, 0.15) is 26.3 Å². The third-order valence-electron chi connectivity index (χ3n) is 3.64. The molecule has 2 rings (SSSR count). The van der Waals surface area contributed by atoms with Crippen LogP contribution < -0.4 is 9.80 Å². The normalized spacial score (nSPS) is 9.83. The van der Waals surface area contributed by atoms with Gasteiger partial charge in [0.25, 0.3) is 0 Å². The Hall–Kier alpha value is -1.18. The van der Waals surface area contributed by atoms with Crippen molar-refractivity contribution in [2.24, 2.45) is 0 Å². The van der Waals surface area contributed by atoms with Crippen LogP contribution in [0, 0.1) is 0 Å². The van der Waals surface area contributed by atoms with Gasteiger partial charge >= 0.3 is 57.4 Å². The molecular weight excluding hydrogens is 331 g/mol. The van der Waals surface area contributed by atoms with Crippen LogP contribution in [0.4, 0.5) is 11.4 Å². The Balaban J connectivity index is 0.00000288. The molecule has 0 aliphatic carbocycles. The van der Waals surface area contributed by atoms with Crippen molar-refractivity contribution >= 4 is 74.5 Å². The Kier molecular flexibility index (Phi) is 7.63. The molecule has 2 aromatic rings. The van der Waals surface area contributed by atoms with E-state index in [9.17, 15) is 14.7 Å². The average molecular weight is 352 g/mol. The van der Waals surface area contributed by atoms with E-state index >= 15 is 0 Å². The molecule has 122 valence electrons. The van der Waals surface area contributed by atoms with Crippen LogP contribution in [0.2, 0.25) is 0 Å². The molecule has 0 saturated heterocycles. The molecule has 24 heavy (non-hydrogen) atoms. The quantitative estimate of drug-likeness (QED) is 0.660. The van der Waals surface area contributed by atoms with Crippen molar-refractivity contribution in [2.45, 2.75) is 0 Å². The number of nitrogens with zero attached hydrogens (tertiary/aromatic N) is 2. The average Bonchev–Trinajstić information content (AvgIpc) is 2.53. The van der Waals surface area contributed by atoms with E-state index < -0.39 is 5.97 Å². The van der Waals surface area contributed by atoms with Crippen LogP contribution in [0.15, 0.2) is 42.5 Å². The van der Waals surface area contributed by atoms with E-state index in [1.807, 2.05) is 45.2 Å². The van der Waals surface area contributed by atoms with E-state index in [1.54, 1.807) is 29.2 Å². The van der Waals surface area contributed by atoms with Gasteiger partial charge < -0.3 is 14.9 Å². The molecule has 5 nitrogen and oxygen atoms in total. The van der Waals surface area contributed by atoms with Crippen molar-refractivity contribution in [3.8, 4) is 0 Å². The van der Waals surface area contributed by atoms with Gasteiger partial charge in [0.2, 0.25) is 0 Å². The molecule has 0 aliphatic heterocycles. The monoisotopic (exact) mass is 352 g/mol. The minimum atomic E-state index is -1.11. The molecule has 0 saturated carbocycles. The maximum atomic E-state index is 12.6. The molecule has 0 radical (unpaired) electrons. The van der Waals surface area contributed by atoms with Crippen molar-refractivity contribution in [2.75, 3.05) is 38.0 Å². The fourth-order valence-corrected chi connectivity index (χ4v) is 2.25. The van der Waals surface area contributed by atoms with E-state index in [-0.39, 0.29) is 68.3 Å². The summed E-state index contributed by atoms with van der Waals surface area (Å²) in [7, 11) is 7.48. The molecule has 0 heterocycles. The summed E-state index contributed by atoms with van der Waals surface area (Å²) in [5.41, 5.74) is 2.39. The Morgan fingerprint density at radius 3 is 1.75 bits per heavy atom. The third-order valence-corrected chi connectivity index (χ3v) is 3.64. The van der Waals surface area contributed by atoms with Crippen molar-refractivity contribution in [3.63, 3.8) is 0 Å². The molecule has 0 fully saturated rings. The van der Waals surface area contributed by atoms with E-state index in [2.05, 4.69) is 0 Å². The summed E-state index contributed by atoms with van der Waals surface area (Å²) >= 11 is 0. The predicted molar refractivity (Wildman–Crippen MR) is 99.1 cm³/mol. The topological polar surface area (TPSA) is 60.9 Å². The number of benzene rings is 2. The van der Waals surface area contributed by atoms with Crippen LogP contribution >= 0.6 is 0 Å². The second kappa shape index (κ2) is 8.78. The Bertz CT molecular complexity index is 740. The first-order chi connectivity index (χ1) is 10.8. The maximum absolute atomic E-state index is 12.6. The fourth-order valence-electron chi connectivity index (χ4n) is 2.25. The summed E-state index contributed by atoms with van der Waals surface area (Å²) in [6, 6.07) is 11.9. The van der Waals surface area contributed by atoms with Gasteiger partial charge in [-0.3, -0.25) is 4.79 Å².